The first kappa shape index (κ1) is 12.0. The van der Waals surface area contributed by atoms with Crippen molar-refractivity contribution in [2.75, 3.05) is 0 Å². The molecule has 0 aliphatic rings. The maximum absolute atomic E-state index is 12.2. The first-order valence-corrected chi connectivity index (χ1v) is 4.78. The summed E-state index contributed by atoms with van der Waals surface area (Å²) >= 11 is 0. The number of halogens is 3. The van der Waals surface area contributed by atoms with Gasteiger partial charge in [-0.3, -0.25) is 0 Å². The number of aliphatic hydroxyl groups is 1. The Morgan fingerprint density at radius 2 is 2.00 bits per heavy atom. The maximum atomic E-state index is 12.2. The number of aliphatic hydroxyl groups excluding tert-OH is 1. The van der Waals surface area contributed by atoms with Crippen molar-refractivity contribution < 1.29 is 18.3 Å². The second-order valence-electron chi connectivity index (χ2n) is 3.44. The van der Waals surface area contributed by atoms with Gasteiger partial charge in [0.1, 0.15) is 0 Å². The molecule has 0 aliphatic heterocycles. The monoisotopic (exact) mass is 218 g/mol. The highest BCUT2D eigenvalue weighted by atomic mass is 19.4. The van der Waals surface area contributed by atoms with E-state index < -0.39 is 12.3 Å². The van der Waals surface area contributed by atoms with Crippen molar-refractivity contribution in [1.82, 2.24) is 0 Å². The van der Waals surface area contributed by atoms with E-state index in [9.17, 15) is 13.2 Å². The summed E-state index contributed by atoms with van der Waals surface area (Å²) in [5, 5.41) is 9.02. The molecular weight excluding hydrogens is 205 g/mol. The summed E-state index contributed by atoms with van der Waals surface area (Å²) in [5.74, 6) is 0. The molecule has 84 valence electrons. The lowest BCUT2D eigenvalue weighted by molar-refractivity contribution is -0.206. The fourth-order valence-electron chi connectivity index (χ4n) is 1.40. The zero-order valence-corrected chi connectivity index (χ0v) is 8.38. The molecule has 0 saturated carbocycles. The summed E-state index contributed by atoms with van der Waals surface area (Å²) in [6, 6.07) is 5.99. The maximum Gasteiger partial charge on any atom is 0.418 e. The molecule has 1 nitrogen and oxygen atoms in total. The lowest BCUT2D eigenvalue weighted by Crippen LogP contribution is -2.20. The predicted molar refractivity (Wildman–Crippen MR) is 51.5 cm³/mol. The highest BCUT2D eigenvalue weighted by molar-refractivity contribution is 5.26. The second-order valence-corrected chi connectivity index (χ2v) is 3.44. The van der Waals surface area contributed by atoms with Gasteiger partial charge in [-0.05, 0) is 17.5 Å². The number of aryl methyl sites for hydroxylation is 1. The quantitative estimate of drug-likeness (QED) is 0.825. The van der Waals surface area contributed by atoms with Gasteiger partial charge >= 0.3 is 6.18 Å². The van der Waals surface area contributed by atoms with Crippen molar-refractivity contribution in [3.63, 3.8) is 0 Å². The van der Waals surface area contributed by atoms with Gasteiger partial charge in [-0.15, -0.1) is 0 Å². The predicted octanol–water partition coefficient (Wildman–Crippen LogP) is 3.23. The Morgan fingerprint density at radius 1 is 1.33 bits per heavy atom. The third-order valence-corrected chi connectivity index (χ3v) is 2.12. The molecular formula is C11H13F3O. The number of benzene rings is 1. The lowest BCUT2D eigenvalue weighted by atomic mass is 10.0. The average Bonchev–Trinajstić information content (AvgIpc) is 2.16. The molecule has 0 saturated heterocycles. The molecule has 0 aliphatic carbocycles. The molecule has 1 aromatic rings. The van der Waals surface area contributed by atoms with E-state index in [2.05, 4.69) is 0 Å². The average molecular weight is 218 g/mol. The number of rotatable bonds is 3. The summed E-state index contributed by atoms with van der Waals surface area (Å²) in [7, 11) is 0. The SMILES string of the molecule is CCCc1cccc(C(O)C(F)(F)F)c1. The van der Waals surface area contributed by atoms with Crippen LogP contribution >= 0.6 is 0 Å². The van der Waals surface area contributed by atoms with Gasteiger partial charge in [-0.25, -0.2) is 0 Å². The molecule has 0 amide bonds. The van der Waals surface area contributed by atoms with E-state index in [1.54, 1.807) is 6.07 Å². The van der Waals surface area contributed by atoms with E-state index in [0.29, 0.717) is 0 Å². The standard InChI is InChI=1S/C11H13F3O/c1-2-4-8-5-3-6-9(7-8)10(15)11(12,13)14/h3,5-7,10,15H,2,4H2,1H3. The van der Waals surface area contributed by atoms with Crippen molar-refractivity contribution in [3.8, 4) is 0 Å². The highest BCUT2D eigenvalue weighted by Crippen LogP contribution is 2.32. The largest absolute Gasteiger partial charge is 0.418 e. The van der Waals surface area contributed by atoms with E-state index >= 15 is 0 Å². The van der Waals surface area contributed by atoms with Crippen LogP contribution in [0.2, 0.25) is 0 Å². The third-order valence-electron chi connectivity index (χ3n) is 2.12. The molecule has 0 bridgehead atoms. The molecule has 1 atom stereocenters. The summed E-state index contributed by atoms with van der Waals surface area (Å²) in [6.07, 6.45) is -5.39. The molecule has 1 rings (SSSR count). The Kier molecular flexibility index (Phi) is 3.74. The van der Waals surface area contributed by atoms with Gasteiger partial charge < -0.3 is 5.11 Å². The van der Waals surface area contributed by atoms with Crippen LogP contribution in [0.1, 0.15) is 30.6 Å². The Balaban J connectivity index is 2.90. The van der Waals surface area contributed by atoms with Gasteiger partial charge in [0, 0.05) is 0 Å². The molecule has 1 aromatic carbocycles. The smallest absolute Gasteiger partial charge is 0.379 e. The topological polar surface area (TPSA) is 20.2 Å². The van der Waals surface area contributed by atoms with Gasteiger partial charge in [0.2, 0.25) is 0 Å². The molecule has 1 unspecified atom stereocenters. The van der Waals surface area contributed by atoms with Crippen LogP contribution in [0.15, 0.2) is 24.3 Å². The normalized spacial score (nSPS) is 13.9. The highest BCUT2D eigenvalue weighted by Gasteiger charge is 2.39. The van der Waals surface area contributed by atoms with Gasteiger partial charge in [-0.2, -0.15) is 13.2 Å². The zero-order chi connectivity index (χ0) is 11.5. The molecule has 0 fully saturated rings. The number of alkyl halides is 3. The van der Waals surface area contributed by atoms with Crippen LogP contribution < -0.4 is 0 Å². The summed E-state index contributed by atoms with van der Waals surface area (Å²) in [5.41, 5.74) is 0.728. The van der Waals surface area contributed by atoms with Gasteiger partial charge in [0.05, 0.1) is 0 Å². The first-order chi connectivity index (χ1) is 6.95. The van der Waals surface area contributed by atoms with Gasteiger partial charge in [0.25, 0.3) is 0 Å². The van der Waals surface area contributed by atoms with Crippen molar-refractivity contribution in [1.29, 1.82) is 0 Å². The Labute approximate surface area is 86.5 Å². The molecule has 0 spiro atoms. The first-order valence-electron chi connectivity index (χ1n) is 4.78. The molecule has 15 heavy (non-hydrogen) atoms. The second kappa shape index (κ2) is 4.66. The molecule has 0 radical (unpaired) electrons. The molecule has 0 heterocycles. The minimum absolute atomic E-state index is 0.0894. The van der Waals surface area contributed by atoms with Crippen LogP contribution in [-0.2, 0) is 6.42 Å². The fraction of sp³-hybridized carbons (Fsp3) is 0.455. The lowest BCUT2D eigenvalue weighted by Gasteiger charge is -2.15. The van der Waals surface area contributed by atoms with Crippen LogP contribution in [0.3, 0.4) is 0 Å². The van der Waals surface area contributed by atoms with Crippen LogP contribution in [0, 0.1) is 0 Å². The fourth-order valence-corrected chi connectivity index (χ4v) is 1.40. The van der Waals surface area contributed by atoms with Crippen LogP contribution in [0.4, 0.5) is 13.2 Å². The summed E-state index contributed by atoms with van der Waals surface area (Å²) in [6.45, 7) is 1.95. The van der Waals surface area contributed by atoms with E-state index in [1.807, 2.05) is 6.92 Å². The Morgan fingerprint density at radius 3 is 2.53 bits per heavy atom. The van der Waals surface area contributed by atoms with Gasteiger partial charge in [0.15, 0.2) is 6.10 Å². The minimum Gasteiger partial charge on any atom is -0.379 e. The zero-order valence-electron chi connectivity index (χ0n) is 8.38. The van der Waals surface area contributed by atoms with E-state index in [1.165, 1.54) is 18.2 Å². The minimum atomic E-state index is -4.59. The molecule has 1 N–H and O–H groups in total. The van der Waals surface area contributed by atoms with Crippen molar-refractivity contribution in [2.45, 2.75) is 32.0 Å². The Bertz CT molecular complexity index is 320. The summed E-state index contributed by atoms with van der Waals surface area (Å²) in [4.78, 5) is 0. The number of hydrogen-bond acceptors (Lipinski definition) is 1. The van der Waals surface area contributed by atoms with E-state index in [-0.39, 0.29) is 5.56 Å². The third kappa shape index (κ3) is 3.23. The van der Waals surface area contributed by atoms with E-state index in [0.717, 1.165) is 18.4 Å². The van der Waals surface area contributed by atoms with Crippen molar-refractivity contribution >= 4 is 0 Å². The Hall–Kier alpha value is -1.03. The van der Waals surface area contributed by atoms with Crippen LogP contribution in [-0.4, -0.2) is 11.3 Å². The van der Waals surface area contributed by atoms with Crippen molar-refractivity contribution in [3.05, 3.63) is 35.4 Å². The molecule has 4 heteroatoms. The molecule has 0 aromatic heterocycles. The van der Waals surface area contributed by atoms with Crippen molar-refractivity contribution in [2.24, 2.45) is 0 Å². The van der Waals surface area contributed by atoms with Gasteiger partial charge in [-0.1, -0.05) is 37.6 Å². The van der Waals surface area contributed by atoms with Crippen LogP contribution in [0.25, 0.3) is 0 Å². The van der Waals surface area contributed by atoms with E-state index in [4.69, 9.17) is 5.11 Å². The van der Waals surface area contributed by atoms with Crippen LogP contribution in [0.5, 0.6) is 0 Å². The summed E-state index contributed by atoms with van der Waals surface area (Å²) < 4.78 is 36.6. The number of hydrogen-bond donors (Lipinski definition) is 1.